The lowest BCUT2D eigenvalue weighted by Crippen LogP contribution is -2.12. The van der Waals surface area contributed by atoms with Gasteiger partial charge >= 0.3 is 0 Å². The van der Waals surface area contributed by atoms with E-state index < -0.39 is 0 Å². The zero-order valence-corrected chi connectivity index (χ0v) is 13.8. The van der Waals surface area contributed by atoms with E-state index in [2.05, 4.69) is 27.3 Å². The number of nitrogens with zero attached hydrogens (tertiary/aromatic N) is 1. The molecule has 6 heteroatoms. The number of halogens is 1. The van der Waals surface area contributed by atoms with Gasteiger partial charge < -0.3 is 5.32 Å². The minimum Gasteiger partial charge on any atom is -0.308 e. The maximum Gasteiger partial charge on any atom is 0.270 e. The van der Waals surface area contributed by atoms with Crippen LogP contribution in [0.25, 0.3) is 0 Å². The van der Waals surface area contributed by atoms with Gasteiger partial charge in [-0.1, -0.05) is 15.9 Å². The van der Waals surface area contributed by atoms with E-state index in [0.717, 1.165) is 16.6 Å². The Bertz CT molecular complexity index is 663. The molecular weight excluding hydrogens is 352 g/mol. The van der Waals surface area contributed by atoms with Gasteiger partial charge in [0, 0.05) is 39.4 Å². The molecule has 1 aromatic carbocycles. The first-order valence-electron chi connectivity index (χ1n) is 6.87. The lowest BCUT2D eigenvalue weighted by molar-refractivity contribution is -0.384. The van der Waals surface area contributed by atoms with E-state index in [1.54, 1.807) is 23.1 Å². The maximum absolute atomic E-state index is 10.7. The van der Waals surface area contributed by atoms with Crippen molar-refractivity contribution >= 4 is 33.0 Å². The second kappa shape index (κ2) is 6.25. The van der Waals surface area contributed by atoms with Crippen LogP contribution in [0.3, 0.4) is 0 Å². The molecule has 0 saturated heterocycles. The summed E-state index contributed by atoms with van der Waals surface area (Å²) in [4.78, 5) is 13.2. The van der Waals surface area contributed by atoms with E-state index in [4.69, 9.17) is 0 Å². The standard InChI is InChI=1S/C15H15BrN2O2S/c16-14-7-12(18(19)20)5-4-11(14)8-17-9-13-6-10-2-1-3-15(10)21-13/h4-7,17H,1-3,8-9H2. The van der Waals surface area contributed by atoms with Crippen molar-refractivity contribution in [2.24, 2.45) is 0 Å². The van der Waals surface area contributed by atoms with Crippen LogP contribution < -0.4 is 5.32 Å². The molecule has 1 heterocycles. The second-order valence-electron chi connectivity index (χ2n) is 5.15. The van der Waals surface area contributed by atoms with Gasteiger partial charge in [0.2, 0.25) is 0 Å². The predicted octanol–water partition coefficient (Wildman–Crippen LogP) is 4.20. The fourth-order valence-corrected chi connectivity index (χ4v) is 4.33. The van der Waals surface area contributed by atoms with Gasteiger partial charge in [-0.15, -0.1) is 11.3 Å². The van der Waals surface area contributed by atoms with Crippen molar-refractivity contribution in [2.75, 3.05) is 0 Å². The number of rotatable bonds is 5. The summed E-state index contributed by atoms with van der Waals surface area (Å²) in [5.41, 5.74) is 2.67. The smallest absolute Gasteiger partial charge is 0.270 e. The van der Waals surface area contributed by atoms with Crippen LogP contribution in [0.4, 0.5) is 5.69 Å². The summed E-state index contributed by atoms with van der Waals surface area (Å²) in [5.74, 6) is 0. The fraction of sp³-hybridized carbons (Fsp3) is 0.333. The Kier molecular flexibility index (Phi) is 4.37. The minimum atomic E-state index is -0.380. The number of nitro groups is 1. The molecule has 1 N–H and O–H groups in total. The molecule has 0 bridgehead atoms. The van der Waals surface area contributed by atoms with E-state index >= 15 is 0 Å². The van der Waals surface area contributed by atoms with Gasteiger partial charge in [-0.2, -0.15) is 0 Å². The number of nitro benzene ring substituents is 1. The number of nitrogens with one attached hydrogen (secondary N) is 1. The van der Waals surface area contributed by atoms with E-state index in [1.807, 2.05) is 11.3 Å². The second-order valence-corrected chi connectivity index (χ2v) is 7.23. The first-order valence-corrected chi connectivity index (χ1v) is 8.48. The molecular formula is C15H15BrN2O2S. The minimum absolute atomic E-state index is 0.111. The van der Waals surface area contributed by atoms with Gasteiger partial charge in [0.25, 0.3) is 5.69 Å². The molecule has 21 heavy (non-hydrogen) atoms. The summed E-state index contributed by atoms with van der Waals surface area (Å²) in [6.45, 7) is 1.54. The summed E-state index contributed by atoms with van der Waals surface area (Å²) in [5, 5.41) is 14.1. The Labute approximate surface area is 135 Å². The number of fused-ring (bicyclic) bond motifs is 1. The molecule has 0 aliphatic heterocycles. The summed E-state index contributed by atoms with van der Waals surface area (Å²) in [6.07, 6.45) is 3.75. The number of non-ortho nitro benzene ring substituents is 1. The molecule has 0 saturated carbocycles. The summed E-state index contributed by atoms with van der Waals surface area (Å²) in [6, 6.07) is 7.20. The molecule has 4 nitrogen and oxygen atoms in total. The first kappa shape index (κ1) is 14.7. The van der Waals surface area contributed by atoms with Gasteiger partial charge in [0.15, 0.2) is 0 Å². The molecule has 1 aromatic heterocycles. The molecule has 3 rings (SSSR count). The summed E-state index contributed by atoms with van der Waals surface area (Å²) >= 11 is 5.30. The third kappa shape index (κ3) is 3.33. The molecule has 0 radical (unpaired) electrons. The van der Waals surface area contributed by atoms with Crippen molar-refractivity contribution in [3.63, 3.8) is 0 Å². The Balaban J connectivity index is 1.58. The molecule has 0 atom stereocenters. The molecule has 1 aliphatic carbocycles. The highest BCUT2D eigenvalue weighted by Gasteiger charge is 2.14. The molecule has 110 valence electrons. The normalized spacial score (nSPS) is 13.4. The lowest BCUT2D eigenvalue weighted by atomic mass is 10.2. The average molecular weight is 367 g/mol. The average Bonchev–Trinajstić information content (AvgIpc) is 3.01. The number of hydrogen-bond donors (Lipinski definition) is 1. The Morgan fingerprint density at radius 2 is 2.14 bits per heavy atom. The number of thiophene rings is 1. The molecule has 0 fully saturated rings. The van der Waals surface area contributed by atoms with Gasteiger partial charge in [-0.3, -0.25) is 10.1 Å². The third-order valence-electron chi connectivity index (χ3n) is 3.66. The van der Waals surface area contributed by atoms with Crippen LogP contribution in [0.1, 0.15) is 27.3 Å². The van der Waals surface area contributed by atoms with Crippen molar-refractivity contribution in [3.8, 4) is 0 Å². The maximum atomic E-state index is 10.7. The van der Waals surface area contributed by atoms with Crippen molar-refractivity contribution in [3.05, 3.63) is 59.7 Å². The predicted molar refractivity (Wildman–Crippen MR) is 87.7 cm³/mol. The highest BCUT2D eigenvalue weighted by Crippen LogP contribution is 2.30. The molecule has 0 amide bonds. The third-order valence-corrected chi connectivity index (χ3v) is 5.64. The first-order chi connectivity index (χ1) is 10.1. The van der Waals surface area contributed by atoms with Gasteiger partial charge in [-0.25, -0.2) is 0 Å². The van der Waals surface area contributed by atoms with Crippen LogP contribution in [0, 0.1) is 10.1 Å². The van der Waals surface area contributed by atoms with E-state index in [1.165, 1.54) is 29.7 Å². The van der Waals surface area contributed by atoms with Gasteiger partial charge in [0.05, 0.1) is 4.92 Å². The fourth-order valence-electron chi connectivity index (χ4n) is 2.59. The number of aryl methyl sites for hydroxylation is 2. The topological polar surface area (TPSA) is 55.2 Å². The van der Waals surface area contributed by atoms with Crippen LogP contribution in [-0.2, 0) is 25.9 Å². The van der Waals surface area contributed by atoms with Crippen molar-refractivity contribution in [1.29, 1.82) is 0 Å². The van der Waals surface area contributed by atoms with Crippen LogP contribution in [0.5, 0.6) is 0 Å². The molecule has 1 aliphatic rings. The van der Waals surface area contributed by atoms with Crippen LogP contribution >= 0.6 is 27.3 Å². The van der Waals surface area contributed by atoms with E-state index in [0.29, 0.717) is 6.54 Å². The summed E-state index contributed by atoms with van der Waals surface area (Å²) in [7, 11) is 0. The molecule has 2 aromatic rings. The Morgan fingerprint density at radius 1 is 1.29 bits per heavy atom. The van der Waals surface area contributed by atoms with E-state index in [9.17, 15) is 10.1 Å². The van der Waals surface area contributed by atoms with Crippen molar-refractivity contribution in [1.82, 2.24) is 5.32 Å². The number of hydrogen-bond acceptors (Lipinski definition) is 4. The monoisotopic (exact) mass is 366 g/mol. The van der Waals surface area contributed by atoms with E-state index in [-0.39, 0.29) is 10.6 Å². The molecule has 0 spiro atoms. The Morgan fingerprint density at radius 3 is 2.86 bits per heavy atom. The highest BCUT2D eigenvalue weighted by atomic mass is 79.9. The number of benzene rings is 1. The zero-order chi connectivity index (χ0) is 14.8. The van der Waals surface area contributed by atoms with Crippen LogP contribution in [0.2, 0.25) is 0 Å². The van der Waals surface area contributed by atoms with Crippen molar-refractivity contribution < 1.29 is 4.92 Å². The van der Waals surface area contributed by atoms with Crippen LogP contribution in [-0.4, -0.2) is 4.92 Å². The highest BCUT2D eigenvalue weighted by molar-refractivity contribution is 9.10. The largest absolute Gasteiger partial charge is 0.308 e. The zero-order valence-electron chi connectivity index (χ0n) is 11.4. The van der Waals surface area contributed by atoms with Crippen LogP contribution in [0.15, 0.2) is 28.7 Å². The van der Waals surface area contributed by atoms with Crippen molar-refractivity contribution in [2.45, 2.75) is 32.4 Å². The SMILES string of the molecule is O=[N+]([O-])c1ccc(CNCc2cc3c(s2)CCC3)c(Br)c1. The van der Waals surface area contributed by atoms with Gasteiger partial charge in [0.1, 0.15) is 0 Å². The van der Waals surface area contributed by atoms with Gasteiger partial charge in [-0.05, 0) is 42.5 Å². The summed E-state index contributed by atoms with van der Waals surface area (Å²) < 4.78 is 0.776. The quantitative estimate of drug-likeness (QED) is 0.637. The Hall–Kier alpha value is -1.24. The molecule has 0 unspecified atom stereocenters. The lowest BCUT2D eigenvalue weighted by Gasteiger charge is -2.06.